The van der Waals surface area contributed by atoms with Crippen molar-refractivity contribution in [3.05, 3.63) is 94.5 Å². The molecular formula is C30H36ClN3O4S. The van der Waals surface area contributed by atoms with Gasteiger partial charge < -0.3 is 10.2 Å². The second-order valence-corrected chi connectivity index (χ2v) is 12.4. The molecule has 9 heteroatoms. The molecule has 0 aliphatic carbocycles. The predicted molar refractivity (Wildman–Crippen MR) is 156 cm³/mol. The molecule has 208 valence electrons. The van der Waals surface area contributed by atoms with Crippen molar-refractivity contribution >= 4 is 39.1 Å². The monoisotopic (exact) mass is 569 g/mol. The molecule has 0 aliphatic heterocycles. The Bertz CT molecular complexity index is 1390. The van der Waals surface area contributed by atoms with Gasteiger partial charge in [-0.25, -0.2) is 8.42 Å². The predicted octanol–water partition coefficient (Wildman–Crippen LogP) is 5.34. The lowest BCUT2D eigenvalue weighted by molar-refractivity contribution is -0.139. The van der Waals surface area contributed by atoms with Gasteiger partial charge in [-0.2, -0.15) is 0 Å². The molecule has 0 aliphatic rings. The van der Waals surface area contributed by atoms with Gasteiger partial charge in [-0.3, -0.25) is 13.9 Å². The van der Waals surface area contributed by atoms with Crippen molar-refractivity contribution in [2.45, 2.75) is 52.1 Å². The Morgan fingerprint density at radius 3 is 2.13 bits per heavy atom. The second-order valence-electron chi connectivity index (χ2n) is 10.1. The van der Waals surface area contributed by atoms with Crippen LogP contribution in [-0.2, 0) is 26.2 Å². The summed E-state index contributed by atoms with van der Waals surface area (Å²) in [6.07, 6.45) is 0. The minimum atomic E-state index is -4.14. The molecule has 0 spiro atoms. The lowest BCUT2D eigenvalue weighted by atomic mass is 10.1. The summed E-state index contributed by atoms with van der Waals surface area (Å²) in [6.45, 7) is 9.59. The summed E-state index contributed by atoms with van der Waals surface area (Å²) in [6, 6.07) is 19.6. The van der Waals surface area contributed by atoms with E-state index in [-0.39, 0.29) is 23.3 Å². The normalized spacial score (nSPS) is 12.2. The van der Waals surface area contributed by atoms with Crippen LogP contribution in [0, 0.1) is 19.8 Å². The minimum absolute atomic E-state index is 0.00835. The fraction of sp³-hybridized carbons (Fsp3) is 0.333. The van der Waals surface area contributed by atoms with Gasteiger partial charge in [0, 0.05) is 18.1 Å². The lowest BCUT2D eigenvalue weighted by Gasteiger charge is -2.32. The van der Waals surface area contributed by atoms with Crippen LogP contribution in [0.1, 0.15) is 37.5 Å². The van der Waals surface area contributed by atoms with Crippen molar-refractivity contribution in [3.8, 4) is 0 Å². The van der Waals surface area contributed by atoms with Gasteiger partial charge in [0.25, 0.3) is 10.0 Å². The number of nitrogens with zero attached hydrogens (tertiary/aromatic N) is 2. The molecule has 0 bridgehead atoms. The Balaban J connectivity index is 2.01. The number of benzene rings is 3. The van der Waals surface area contributed by atoms with Crippen LogP contribution in [0.4, 0.5) is 5.69 Å². The first-order valence-corrected chi connectivity index (χ1v) is 14.7. The summed E-state index contributed by atoms with van der Waals surface area (Å²) in [5.41, 5.74) is 3.10. The van der Waals surface area contributed by atoms with E-state index in [1.165, 1.54) is 29.2 Å². The molecule has 0 heterocycles. The van der Waals surface area contributed by atoms with Crippen LogP contribution in [0.5, 0.6) is 0 Å². The maximum absolute atomic E-state index is 13.9. The van der Waals surface area contributed by atoms with E-state index in [1.54, 1.807) is 25.1 Å². The quantitative estimate of drug-likeness (QED) is 0.338. The van der Waals surface area contributed by atoms with E-state index < -0.39 is 28.5 Å². The number of rotatable bonds is 11. The van der Waals surface area contributed by atoms with Crippen molar-refractivity contribution in [3.63, 3.8) is 0 Å². The van der Waals surface area contributed by atoms with E-state index in [0.29, 0.717) is 17.3 Å². The summed E-state index contributed by atoms with van der Waals surface area (Å²) in [4.78, 5) is 28.4. The first-order chi connectivity index (χ1) is 18.4. The number of sulfonamides is 1. The molecule has 3 aromatic carbocycles. The van der Waals surface area contributed by atoms with Crippen LogP contribution >= 0.6 is 11.6 Å². The van der Waals surface area contributed by atoms with Gasteiger partial charge in [0.05, 0.1) is 10.6 Å². The van der Waals surface area contributed by atoms with Crippen molar-refractivity contribution in [1.82, 2.24) is 10.2 Å². The van der Waals surface area contributed by atoms with E-state index in [1.807, 2.05) is 58.0 Å². The van der Waals surface area contributed by atoms with E-state index in [4.69, 9.17) is 11.6 Å². The van der Waals surface area contributed by atoms with Gasteiger partial charge in [-0.05, 0) is 74.2 Å². The van der Waals surface area contributed by atoms with Crippen LogP contribution in [0.3, 0.4) is 0 Å². The Morgan fingerprint density at radius 2 is 1.54 bits per heavy atom. The third-order valence-corrected chi connectivity index (χ3v) is 8.34. The highest BCUT2D eigenvalue weighted by molar-refractivity contribution is 7.92. The topological polar surface area (TPSA) is 86.8 Å². The number of carbonyl (C=O) groups is 2. The molecule has 0 saturated carbocycles. The van der Waals surface area contributed by atoms with Gasteiger partial charge in [0.2, 0.25) is 11.8 Å². The van der Waals surface area contributed by atoms with Crippen molar-refractivity contribution in [2.24, 2.45) is 5.92 Å². The molecule has 39 heavy (non-hydrogen) atoms. The largest absolute Gasteiger partial charge is 0.354 e. The summed E-state index contributed by atoms with van der Waals surface area (Å²) >= 11 is 5.99. The molecule has 0 aromatic heterocycles. The Morgan fingerprint density at radius 1 is 0.897 bits per heavy atom. The van der Waals surface area contributed by atoms with Crippen LogP contribution in [0.15, 0.2) is 77.7 Å². The molecule has 7 nitrogen and oxygen atoms in total. The van der Waals surface area contributed by atoms with E-state index in [2.05, 4.69) is 5.32 Å². The number of halogens is 1. The Hall–Kier alpha value is -3.36. The molecule has 0 fully saturated rings. The summed E-state index contributed by atoms with van der Waals surface area (Å²) in [5, 5.41) is 3.29. The highest BCUT2D eigenvalue weighted by Crippen LogP contribution is 2.26. The average molecular weight is 570 g/mol. The first-order valence-electron chi connectivity index (χ1n) is 12.9. The molecule has 3 rings (SSSR count). The smallest absolute Gasteiger partial charge is 0.264 e. The van der Waals surface area contributed by atoms with Crippen LogP contribution in [-0.4, -0.2) is 44.3 Å². The number of hydrogen-bond donors (Lipinski definition) is 1. The average Bonchev–Trinajstić information content (AvgIpc) is 2.89. The van der Waals surface area contributed by atoms with Gasteiger partial charge in [-0.15, -0.1) is 0 Å². The zero-order chi connectivity index (χ0) is 28.7. The zero-order valence-corrected chi connectivity index (χ0v) is 24.6. The number of aryl methyl sites for hydroxylation is 2. The number of carbonyl (C=O) groups excluding carboxylic acids is 2. The number of amides is 2. The molecule has 1 atom stereocenters. The maximum atomic E-state index is 13.9. The van der Waals surface area contributed by atoms with Crippen molar-refractivity contribution in [1.29, 1.82) is 0 Å². The van der Waals surface area contributed by atoms with E-state index in [0.717, 1.165) is 21.0 Å². The second kappa shape index (κ2) is 13.1. The summed E-state index contributed by atoms with van der Waals surface area (Å²) in [7, 11) is -4.14. The van der Waals surface area contributed by atoms with Gasteiger partial charge in [0.1, 0.15) is 12.6 Å². The van der Waals surface area contributed by atoms with Crippen molar-refractivity contribution < 1.29 is 18.0 Å². The molecule has 0 radical (unpaired) electrons. The summed E-state index contributed by atoms with van der Waals surface area (Å²) in [5.74, 6) is -0.558. The maximum Gasteiger partial charge on any atom is 0.264 e. The van der Waals surface area contributed by atoms with Gasteiger partial charge >= 0.3 is 0 Å². The first kappa shape index (κ1) is 30.2. The van der Waals surface area contributed by atoms with Crippen molar-refractivity contribution in [2.75, 3.05) is 17.4 Å². The highest BCUT2D eigenvalue weighted by atomic mass is 35.5. The lowest BCUT2D eigenvalue weighted by Crippen LogP contribution is -2.51. The molecule has 3 aromatic rings. The Kier molecular flexibility index (Phi) is 10.2. The Labute approximate surface area is 236 Å². The van der Waals surface area contributed by atoms with Crippen LogP contribution in [0.25, 0.3) is 0 Å². The third kappa shape index (κ3) is 8.07. The molecular weight excluding hydrogens is 534 g/mol. The number of nitrogens with one attached hydrogen (secondary N) is 1. The van der Waals surface area contributed by atoms with E-state index in [9.17, 15) is 18.0 Å². The standard InChI is InChI=1S/C30H36ClN3O4S/c1-21(2)18-32-30(36)24(5)33(19-25-11-9-22(3)10-12-25)29(35)20-34(27-8-6-7-23(4)17-27)39(37,38)28-15-13-26(31)14-16-28/h6-17,21,24H,18-20H2,1-5H3,(H,32,36)/t24-/m0/s1. The third-order valence-electron chi connectivity index (χ3n) is 6.30. The molecule has 2 amide bonds. The molecule has 1 N–H and O–H groups in total. The zero-order valence-electron chi connectivity index (χ0n) is 23.0. The van der Waals surface area contributed by atoms with Gasteiger partial charge in [0.15, 0.2) is 0 Å². The van der Waals surface area contributed by atoms with Gasteiger partial charge in [-0.1, -0.05) is 67.4 Å². The molecule has 0 unspecified atom stereocenters. The van der Waals surface area contributed by atoms with E-state index >= 15 is 0 Å². The minimum Gasteiger partial charge on any atom is -0.354 e. The number of anilines is 1. The SMILES string of the molecule is Cc1ccc(CN(C(=O)CN(c2cccc(C)c2)S(=O)(=O)c2ccc(Cl)cc2)[C@@H](C)C(=O)NCC(C)C)cc1. The molecule has 0 saturated heterocycles. The fourth-order valence-corrected chi connectivity index (χ4v) is 5.50. The number of hydrogen-bond acceptors (Lipinski definition) is 4. The fourth-order valence-electron chi connectivity index (χ4n) is 3.97. The summed E-state index contributed by atoms with van der Waals surface area (Å²) < 4.78 is 28.7. The van der Waals surface area contributed by atoms with Crippen LogP contribution in [0.2, 0.25) is 5.02 Å². The van der Waals surface area contributed by atoms with Crippen LogP contribution < -0.4 is 9.62 Å². The highest BCUT2D eigenvalue weighted by Gasteiger charge is 2.32.